The van der Waals surface area contributed by atoms with Gasteiger partial charge in [0.25, 0.3) is 0 Å². The van der Waals surface area contributed by atoms with Crippen LogP contribution >= 0.6 is 0 Å². The van der Waals surface area contributed by atoms with E-state index in [1.807, 2.05) is 48.8 Å². The Morgan fingerprint density at radius 3 is 2.08 bits per heavy atom. The lowest BCUT2D eigenvalue weighted by atomic mass is 9.76. The Hall–Kier alpha value is -0.240. The molecule has 4 saturated heterocycles. The third kappa shape index (κ3) is 9.14. The number of aliphatic hydroxyl groups excluding tert-OH is 3. The first-order valence-electron chi connectivity index (χ1n) is 19.0. The summed E-state index contributed by atoms with van der Waals surface area (Å²) in [6.45, 7) is 18.3. The van der Waals surface area contributed by atoms with Crippen LogP contribution in [0.3, 0.4) is 0 Å². The Morgan fingerprint density at radius 1 is 0.904 bits per heavy atom. The van der Waals surface area contributed by atoms with Crippen molar-refractivity contribution in [2.24, 2.45) is 23.7 Å². The maximum absolute atomic E-state index is 14.2. The van der Waals surface area contributed by atoms with Crippen LogP contribution < -0.4 is 24.0 Å². The van der Waals surface area contributed by atoms with Gasteiger partial charge in [0.05, 0.1) is 74.9 Å². The van der Waals surface area contributed by atoms with E-state index < -0.39 is 102 Å². The molecule has 4 rings (SSSR count). The van der Waals surface area contributed by atoms with Crippen molar-refractivity contribution in [1.82, 2.24) is 0 Å². The van der Waals surface area contributed by atoms with Crippen LogP contribution in [0.1, 0.15) is 94.9 Å². The Bertz CT molecular complexity index is 1190. The fourth-order valence-electron chi connectivity index (χ4n) is 9.46. The highest BCUT2D eigenvalue weighted by Crippen LogP contribution is 2.48. The van der Waals surface area contributed by atoms with Crippen molar-refractivity contribution in [2.75, 3.05) is 28.3 Å². The zero-order valence-corrected chi connectivity index (χ0v) is 36.1. The van der Waals surface area contributed by atoms with E-state index in [4.69, 9.17) is 33.2 Å². The molecule has 52 heavy (non-hydrogen) atoms. The molecule has 0 aliphatic carbocycles. The Morgan fingerprint density at radius 2 is 1.52 bits per heavy atom. The largest absolute Gasteiger partial charge is 1.00 e. The summed E-state index contributed by atoms with van der Waals surface area (Å²) in [4.78, 5) is 14.2. The van der Waals surface area contributed by atoms with Gasteiger partial charge in [-0.15, -0.1) is 0 Å². The molecule has 2 bridgehead atoms. The zero-order chi connectivity index (χ0) is 38.6. The molecular weight excluding hydrogens is 789 g/mol. The van der Waals surface area contributed by atoms with Crippen molar-refractivity contribution in [3.8, 4) is 0 Å². The molecule has 0 aromatic carbocycles. The number of esters is 1. The van der Waals surface area contributed by atoms with Crippen molar-refractivity contribution < 1.29 is 86.8 Å². The van der Waals surface area contributed by atoms with Crippen molar-refractivity contribution in [3.05, 3.63) is 0 Å². The van der Waals surface area contributed by atoms with Crippen LogP contribution in [0.25, 0.3) is 0 Å². The van der Waals surface area contributed by atoms with E-state index in [1.165, 1.54) is 14.0 Å². The molecule has 0 radical (unpaired) electrons. The van der Waals surface area contributed by atoms with Gasteiger partial charge in [0.1, 0.15) is 23.9 Å². The van der Waals surface area contributed by atoms with Gasteiger partial charge in [-0.3, -0.25) is 4.79 Å². The van der Waals surface area contributed by atoms with Crippen LogP contribution in [0, 0.1) is 23.7 Å². The van der Waals surface area contributed by atoms with Crippen LogP contribution in [0.4, 0.5) is 0 Å². The number of quaternary nitrogens is 1. The molecule has 13 unspecified atom stereocenters. The minimum Gasteiger partial charge on any atom is -1.00 e. The van der Waals surface area contributed by atoms with E-state index in [1.54, 1.807) is 27.7 Å². The van der Waals surface area contributed by atoms with Gasteiger partial charge in [-0.25, -0.2) is 0 Å². The smallest absolute Gasteiger partial charge is 0.311 e. The lowest BCUT2D eigenvalue weighted by molar-refractivity contribution is -0.903. The lowest BCUT2D eigenvalue weighted by Gasteiger charge is -2.49. The highest BCUT2D eigenvalue weighted by Gasteiger charge is 2.58. The number of hydrogen-bond acceptors (Lipinski definition) is 12. The molecule has 14 heteroatoms. The number of carbonyl (C=O) groups excluding carboxylic acids is 1. The molecule has 0 aromatic heterocycles. The first-order valence-corrected chi connectivity index (χ1v) is 19.0. The fraction of sp³-hybridized carbons (Fsp3) is 0.974. The van der Waals surface area contributed by atoms with Gasteiger partial charge in [-0.2, -0.15) is 0 Å². The SMILES string of the molecule is CCC1OC(=O)C(C)C(OC2CC(C)(OC)C(O)C(C)O2)C(C)[C@@H](OC2OC(C)CC([N+](C)(C)C)C2O)[C@]2(C)C[C@@H](C)C(O2)[C@H](C)[C@@H](O)[C@]1(C)O.[I-]. The third-order valence-corrected chi connectivity index (χ3v) is 12.7. The fourth-order valence-corrected chi connectivity index (χ4v) is 9.46. The maximum Gasteiger partial charge on any atom is 0.311 e. The molecule has 4 aliphatic heterocycles. The number of ether oxygens (including phenoxy) is 7. The average Bonchev–Trinajstić information content (AvgIpc) is 3.36. The summed E-state index contributed by atoms with van der Waals surface area (Å²) in [7, 11) is 7.65. The third-order valence-electron chi connectivity index (χ3n) is 12.7. The van der Waals surface area contributed by atoms with E-state index in [-0.39, 0.29) is 54.9 Å². The molecule has 4 N–H and O–H groups in total. The van der Waals surface area contributed by atoms with Gasteiger partial charge in [0.15, 0.2) is 18.7 Å². The van der Waals surface area contributed by atoms with E-state index in [0.29, 0.717) is 17.3 Å². The normalized spacial score (nSPS) is 51.0. The highest BCUT2D eigenvalue weighted by atomic mass is 127. The molecule has 19 atom stereocenters. The van der Waals surface area contributed by atoms with Crippen molar-refractivity contribution in [3.63, 3.8) is 0 Å². The molecule has 0 amide bonds. The topological polar surface area (TPSA) is 163 Å². The molecule has 306 valence electrons. The second kappa shape index (κ2) is 17.1. The molecular formula is C38H70INO12. The number of rotatable bonds is 7. The van der Waals surface area contributed by atoms with Gasteiger partial charge in [0.2, 0.25) is 0 Å². The molecule has 13 nitrogen and oxygen atoms in total. The molecule has 0 spiro atoms. The van der Waals surface area contributed by atoms with E-state index in [0.717, 1.165) is 0 Å². The van der Waals surface area contributed by atoms with Gasteiger partial charge < -0.3 is 82.0 Å². The average molecular weight is 860 g/mol. The van der Waals surface area contributed by atoms with Crippen LogP contribution in [-0.4, -0.2) is 149 Å². The first kappa shape index (κ1) is 46.1. The second-order valence-electron chi connectivity index (χ2n) is 17.9. The van der Waals surface area contributed by atoms with E-state index >= 15 is 0 Å². The number of carbonyl (C=O) groups is 1. The minimum absolute atomic E-state index is 0. The summed E-state index contributed by atoms with van der Waals surface area (Å²) < 4.78 is 45.6. The van der Waals surface area contributed by atoms with Crippen molar-refractivity contribution in [2.45, 2.75) is 185 Å². The Labute approximate surface area is 328 Å². The molecule has 4 heterocycles. The monoisotopic (exact) mass is 859 g/mol. The molecule has 4 fully saturated rings. The van der Waals surface area contributed by atoms with Crippen molar-refractivity contribution in [1.29, 1.82) is 0 Å². The Balaban J connectivity index is 0.00000729. The van der Waals surface area contributed by atoms with Gasteiger partial charge in [0, 0.05) is 31.8 Å². The number of cyclic esters (lactones) is 1. The Kier molecular flexibility index (Phi) is 15.2. The van der Waals surface area contributed by atoms with Crippen LogP contribution in [0.5, 0.6) is 0 Å². The number of likely N-dealkylation sites (N-methyl/N-ethyl adjacent to an activating group) is 1. The van der Waals surface area contributed by atoms with Crippen LogP contribution in [0.2, 0.25) is 0 Å². The maximum atomic E-state index is 14.2. The summed E-state index contributed by atoms with van der Waals surface area (Å²) in [5.41, 5.74) is -3.76. The predicted octanol–water partition coefficient (Wildman–Crippen LogP) is -0.228. The summed E-state index contributed by atoms with van der Waals surface area (Å²) in [6.07, 6.45) is -7.47. The molecule has 0 saturated carbocycles. The van der Waals surface area contributed by atoms with Crippen LogP contribution in [0.15, 0.2) is 0 Å². The number of methoxy groups -OCH3 is 1. The predicted molar refractivity (Wildman–Crippen MR) is 188 cm³/mol. The van der Waals surface area contributed by atoms with E-state index in [9.17, 15) is 25.2 Å². The minimum atomic E-state index is -1.79. The van der Waals surface area contributed by atoms with E-state index in [2.05, 4.69) is 6.92 Å². The van der Waals surface area contributed by atoms with Crippen LogP contribution in [-0.2, 0) is 38.0 Å². The number of halogens is 1. The number of nitrogens with zero attached hydrogens (tertiary/aromatic N) is 1. The standard InChI is InChI=1S/C38H70NO12.HI/c1-15-26-38(10,44)31(41)21(4)29-19(2)17-37(9,51-29)33(50-35-28(40)25(39(11,12)13)16-20(3)46-35)22(5)30(23(6)34(43)48-26)49-27-18-36(8,45-14)32(42)24(7)47-27;/h19-33,35,40-42,44H,15-18H2,1-14H3;1H/q+1;/p-1/t19-,20?,21+,22?,23?,24?,25?,26?,27?,28?,29?,30?,31-,32?,33-,35?,36?,37+,38-;/m1./s1. The van der Waals surface area contributed by atoms with Crippen molar-refractivity contribution >= 4 is 5.97 Å². The van der Waals surface area contributed by atoms with Gasteiger partial charge in [-0.1, -0.05) is 27.7 Å². The number of fused-ring (bicyclic) bond motifs is 2. The lowest BCUT2D eigenvalue weighted by Crippen LogP contribution is -3.00. The van der Waals surface area contributed by atoms with Gasteiger partial charge >= 0.3 is 5.97 Å². The summed E-state index contributed by atoms with van der Waals surface area (Å²) in [6, 6.07) is -0.174. The summed E-state index contributed by atoms with van der Waals surface area (Å²) in [5.74, 6) is -2.72. The molecule has 0 aromatic rings. The number of aliphatic hydroxyl groups is 4. The first-order chi connectivity index (χ1) is 23.4. The number of hydrogen-bond donors (Lipinski definition) is 4. The highest BCUT2D eigenvalue weighted by molar-refractivity contribution is 5.73. The zero-order valence-electron chi connectivity index (χ0n) is 33.9. The summed E-state index contributed by atoms with van der Waals surface area (Å²) >= 11 is 0. The van der Waals surface area contributed by atoms with Gasteiger partial charge in [-0.05, 0) is 60.3 Å². The molecule has 4 aliphatic rings. The summed E-state index contributed by atoms with van der Waals surface area (Å²) in [5, 5.41) is 46.2. The quantitative estimate of drug-likeness (QED) is 0.152. The second-order valence-corrected chi connectivity index (χ2v) is 17.9.